The molecule has 1 heterocycles. The van der Waals surface area contributed by atoms with Crippen molar-refractivity contribution in [3.05, 3.63) is 29.6 Å². The van der Waals surface area contributed by atoms with Crippen LogP contribution in [-0.2, 0) is 0 Å². The molecule has 0 spiro atoms. The summed E-state index contributed by atoms with van der Waals surface area (Å²) in [7, 11) is 0. The van der Waals surface area contributed by atoms with Crippen LogP contribution in [0.4, 0.5) is 4.39 Å². The lowest BCUT2D eigenvalue weighted by molar-refractivity contribution is 0.0701. The van der Waals surface area contributed by atoms with Gasteiger partial charge in [-0.2, -0.15) is 0 Å². The Labute approximate surface area is 114 Å². The molecule has 1 aliphatic heterocycles. The van der Waals surface area contributed by atoms with Crippen molar-refractivity contribution in [2.24, 2.45) is 17.6 Å². The molecule has 0 bridgehead atoms. The lowest BCUT2D eigenvalue weighted by Gasteiger charge is -2.38. The SMILES string of the molecule is CC1CCC(C2CC(N)c3cc(F)ccc3O2)CC1. The topological polar surface area (TPSA) is 35.2 Å². The van der Waals surface area contributed by atoms with E-state index in [0.717, 1.165) is 23.7 Å². The van der Waals surface area contributed by atoms with Gasteiger partial charge in [-0.25, -0.2) is 4.39 Å². The fourth-order valence-corrected chi connectivity index (χ4v) is 3.45. The molecule has 2 aliphatic rings. The van der Waals surface area contributed by atoms with E-state index in [1.807, 2.05) is 0 Å². The summed E-state index contributed by atoms with van der Waals surface area (Å²) >= 11 is 0. The molecule has 2 N–H and O–H groups in total. The van der Waals surface area contributed by atoms with Crippen LogP contribution >= 0.6 is 0 Å². The van der Waals surface area contributed by atoms with E-state index in [9.17, 15) is 4.39 Å². The van der Waals surface area contributed by atoms with Crippen LogP contribution < -0.4 is 10.5 Å². The van der Waals surface area contributed by atoms with Crippen molar-refractivity contribution < 1.29 is 9.13 Å². The second kappa shape index (κ2) is 5.12. The minimum Gasteiger partial charge on any atom is -0.490 e. The number of fused-ring (bicyclic) bond motifs is 1. The molecule has 104 valence electrons. The molecular formula is C16H22FNO. The van der Waals surface area contributed by atoms with Gasteiger partial charge in [0, 0.05) is 18.0 Å². The lowest BCUT2D eigenvalue weighted by Crippen LogP contribution is -2.37. The fourth-order valence-electron chi connectivity index (χ4n) is 3.45. The minimum absolute atomic E-state index is 0.0937. The van der Waals surface area contributed by atoms with Crippen molar-refractivity contribution in [2.75, 3.05) is 0 Å². The standard InChI is InChI=1S/C16H22FNO/c1-10-2-4-11(5-3-10)16-9-14(18)13-8-12(17)6-7-15(13)19-16/h6-8,10-11,14,16H,2-5,9,18H2,1H3. The summed E-state index contributed by atoms with van der Waals surface area (Å²) in [6.07, 6.45) is 6.06. The molecule has 0 radical (unpaired) electrons. The van der Waals surface area contributed by atoms with E-state index in [-0.39, 0.29) is 18.0 Å². The van der Waals surface area contributed by atoms with Crippen molar-refractivity contribution in [1.82, 2.24) is 0 Å². The zero-order chi connectivity index (χ0) is 13.4. The Kier molecular flexibility index (Phi) is 3.48. The van der Waals surface area contributed by atoms with Crippen molar-refractivity contribution in [3.63, 3.8) is 0 Å². The van der Waals surface area contributed by atoms with Crippen molar-refractivity contribution in [3.8, 4) is 5.75 Å². The van der Waals surface area contributed by atoms with Crippen LogP contribution in [0.5, 0.6) is 5.75 Å². The van der Waals surface area contributed by atoms with Crippen molar-refractivity contribution in [1.29, 1.82) is 0 Å². The fraction of sp³-hybridized carbons (Fsp3) is 0.625. The van der Waals surface area contributed by atoms with Crippen molar-refractivity contribution in [2.45, 2.75) is 51.2 Å². The Morgan fingerprint density at radius 2 is 1.95 bits per heavy atom. The van der Waals surface area contributed by atoms with E-state index >= 15 is 0 Å². The summed E-state index contributed by atoms with van der Waals surface area (Å²) in [5.41, 5.74) is 7.01. The van der Waals surface area contributed by atoms with Crippen molar-refractivity contribution >= 4 is 0 Å². The van der Waals surface area contributed by atoms with Crippen LogP contribution in [0.25, 0.3) is 0 Å². The van der Waals surface area contributed by atoms with Gasteiger partial charge >= 0.3 is 0 Å². The Balaban J connectivity index is 1.75. The van der Waals surface area contributed by atoms with Crippen LogP contribution in [0.3, 0.4) is 0 Å². The second-order valence-corrected chi connectivity index (χ2v) is 6.20. The molecule has 2 unspecified atom stereocenters. The molecule has 0 aromatic heterocycles. The maximum atomic E-state index is 13.3. The summed E-state index contributed by atoms with van der Waals surface area (Å²) in [5.74, 6) is 2.00. The average molecular weight is 263 g/mol. The van der Waals surface area contributed by atoms with Gasteiger partial charge in [-0.15, -0.1) is 0 Å². The predicted octanol–water partition coefficient (Wildman–Crippen LogP) is 3.80. The molecule has 3 heteroatoms. The molecule has 1 aromatic carbocycles. The van der Waals surface area contributed by atoms with E-state index in [2.05, 4.69) is 6.92 Å². The zero-order valence-electron chi connectivity index (χ0n) is 11.4. The highest BCUT2D eigenvalue weighted by atomic mass is 19.1. The first-order valence-electron chi connectivity index (χ1n) is 7.35. The van der Waals surface area contributed by atoms with Gasteiger partial charge in [0.15, 0.2) is 0 Å². The number of rotatable bonds is 1. The number of nitrogens with two attached hydrogens (primary N) is 1. The Morgan fingerprint density at radius 3 is 2.68 bits per heavy atom. The van der Waals surface area contributed by atoms with Crippen LogP contribution in [0.1, 0.15) is 50.6 Å². The van der Waals surface area contributed by atoms with E-state index in [1.54, 1.807) is 6.07 Å². The van der Waals surface area contributed by atoms with E-state index in [0.29, 0.717) is 5.92 Å². The summed E-state index contributed by atoms with van der Waals surface area (Å²) in [4.78, 5) is 0. The molecule has 1 aliphatic carbocycles. The first kappa shape index (κ1) is 12.9. The van der Waals surface area contributed by atoms with Gasteiger partial charge in [-0.1, -0.05) is 19.8 Å². The molecule has 0 saturated heterocycles. The highest BCUT2D eigenvalue weighted by molar-refractivity contribution is 5.38. The highest BCUT2D eigenvalue weighted by Crippen LogP contribution is 2.40. The number of halogens is 1. The molecular weight excluding hydrogens is 241 g/mol. The monoisotopic (exact) mass is 263 g/mol. The molecule has 1 saturated carbocycles. The average Bonchev–Trinajstić information content (AvgIpc) is 2.40. The normalized spacial score (nSPS) is 34.5. The maximum Gasteiger partial charge on any atom is 0.124 e. The lowest BCUT2D eigenvalue weighted by atomic mass is 9.77. The Morgan fingerprint density at radius 1 is 1.21 bits per heavy atom. The Hall–Kier alpha value is -1.09. The maximum absolute atomic E-state index is 13.3. The Bertz CT molecular complexity index is 454. The van der Waals surface area contributed by atoms with Gasteiger partial charge in [-0.05, 0) is 42.9 Å². The second-order valence-electron chi connectivity index (χ2n) is 6.20. The van der Waals surface area contributed by atoms with E-state index < -0.39 is 0 Å². The van der Waals surface area contributed by atoms with Gasteiger partial charge in [0.2, 0.25) is 0 Å². The zero-order valence-corrected chi connectivity index (χ0v) is 11.4. The van der Waals surface area contributed by atoms with Crippen LogP contribution in [0.2, 0.25) is 0 Å². The third-order valence-electron chi connectivity index (χ3n) is 4.72. The molecule has 2 nitrogen and oxygen atoms in total. The molecule has 0 amide bonds. The molecule has 1 aromatic rings. The third kappa shape index (κ3) is 2.62. The van der Waals surface area contributed by atoms with Crippen LogP contribution in [0.15, 0.2) is 18.2 Å². The summed E-state index contributed by atoms with van der Waals surface area (Å²) < 4.78 is 19.3. The number of ether oxygens (including phenoxy) is 1. The smallest absolute Gasteiger partial charge is 0.124 e. The largest absolute Gasteiger partial charge is 0.490 e. The summed E-state index contributed by atoms with van der Waals surface area (Å²) in [5, 5.41) is 0. The number of hydrogen-bond donors (Lipinski definition) is 1. The number of benzene rings is 1. The van der Waals surface area contributed by atoms with Gasteiger partial charge < -0.3 is 10.5 Å². The van der Waals surface area contributed by atoms with Gasteiger partial charge in [-0.3, -0.25) is 0 Å². The van der Waals surface area contributed by atoms with E-state index in [1.165, 1.54) is 37.8 Å². The van der Waals surface area contributed by atoms with Gasteiger partial charge in [0.05, 0.1) is 0 Å². The first-order chi connectivity index (χ1) is 9.13. The predicted molar refractivity (Wildman–Crippen MR) is 73.5 cm³/mol. The third-order valence-corrected chi connectivity index (χ3v) is 4.72. The minimum atomic E-state index is -0.234. The number of hydrogen-bond acceptors (Lipinski definition) is 2. The van der Waals surface area contributed by atoms with Gasteiger partial charge in [0.1, 0.15) is 17.7 Å². The van der Waals surface area contributed by atoms with Crippen LogP contribution in [0, 0.1) is 17.7 Å². The molecule has 1 fully saturated rings. The first-order valence-corrected chi connectivity index (χ1v) is 7.35. The quantitative estimate of drug-likeness (QED) is 0.836. The van der Waals surface area contributed by atoms with Gasteiger partial charge in [0.25, 0.3) is 0 Å². The highest BCUT2D eigenvalue weighted by Gasteiger charge is 2.33. The molecule has 3 rings (SSSR count). The summed E-state index contributed by atoms with van der Waals surface area (Å²) in [6, 6.07) is 4.60. The van der Waals surface area contributed by atoms with E-state index in [4.69, 9.17) is 10.5 Å². The summed E-state index contributed by atoms with van der Waals surface area (Å²) in [6.45, 7) is 2.32. The molecule has 19 heavy (non-hydrogen) atoms. The van der Waals surface area contributed by atoms with Crippen LogP contribution in [-0.4, -0.2) is 6.10 Å². The molecule has 2 atom stereocenters.